The molecule has 0 spiro atoms. The lowest BCUT2D eigenvalue weighted by atomic mass is 10.1. The van der Waals surface area contributed by atoms with Crippen molar-refractivity contribution in [3.8, 4) is 0 Å². The van der Waals surface area contributed by atoms with E-state index in [-0.39, 0.29) is 36.7 Å². The van der Waals surface area contributed by atoms with Crippen molar-refractivity contribution in [1.29, 1.82) is 0 Å². The van der Waals surface area contributed by atoms with E-state index in [0.717, 1.165) is 5.56 Å². The van der Waals surface area contributed by atoms with Crippen LogP contribution in [0.25, 0.3) is 0 Å². The molecule has 0 fully saturated rings. The molecular weight excluding hydrogens is 326 g/mol. The van der Waals surface area contributed by atoms with Crippen molar-refractivity contribution in [1.82, 2.24) is 10.0 Å². The predicted octanol–water partition coefficient (Wildman–Crippen LogP) is 0.900. The maximum Gasteiger partial charge on any atom is 0.236 e. The lowest BCUT2D eigenvalue weighted by Crippen LogP contribution is -2.38. The van der Waals surface area contributed by atoms with Crippen LogP contribution >= 0.6 is 12.4 Å². The fourth-order valence-electron chi connectivity index (χ4n) is 1.82. The monoisotopic (exact) mass is 349 g/mol. The van der Waals surface area contributed by atoms with Crippen molar-refractivity contribution in [2.45, 2.75) is 45.2 Å². The molecule has 6 nitrogen and oxygen atoms in total. The van der Waals surface area contributed by atoms with Gasteiger partial charge in [0.2, 0.25) is 15.9 Å². The second-order valence-electron chi connectivity index (χ2n) is 5.31. The number of carbonyl (C=O) groups is 1. The van der Waals surface area contributed by atoms with Crippen molar-refractivity contribution in [3.63, 3.8) is 0 Å². The number of hydrogen-bond acceptors (Lipinski definition) is 4. The molecule has 0 unspecified atom stereocenters. The molecule has 1 aromatic rings. The molecule has 0 aliphatic rings. The number of hydrogen-bond donors (Lipinski definition) is 3. The van der Waals surface area contributed by atoms with Gasteiger partial charge < -0.3 is 11.1 Å². The van der Waals surface area contributed by atoms with Crippen molar-refractivity contribution in [2.24, 2.45) is 5.73 Å². The number of halogens is 1. The van der Waals surface area contributed by atoms with E-state index in [4.69, 9.17) is 5.73 Å². The Labute approximate surface area is 138 Å². The number of sulfonamides is 1. The Hall–Kier alpha value is -1.15. The quantitative estimate of drug-likeness (QED) is 0.680. The molecule has 4 N–H and O–H groups in total. The Morgan fingerprint density at radius 3 is 2.23 bits per heavy atom. The highest BCUT2D eigenvalue weighted by molar-refractivity contribution is 7.88. The molecule has 0 aromatic heterocycles. The van der Waals surface area contributed by atoms with Crippen molar-refractivity contribution >= 4 is 28.3 Å². The Balaban J connectivity index is 0.00000441. The van der Waals surface area contributed by atoms with Gasteiger partial charge in [0, 0.05) is 12.6 Å². The number of benzene rings is 1. The van der Waals surface area contributed by atoms with E-state index in [1.807, 2.05) is 0 Å². The van der Waals surface area contributed by atoms with Gasteiger partial charge in [-0.05, 0) is 31.9 Å². The Morgan fingerprint density at radius 2 is 1.73 bits per heavy atom. The second kappa shape index (κ2) is 9.09. The molecule has 1 aromatic carbocycles. The van der Waals surface area contributed by atoms with Crippen molar-refractivity contribution in [3.05, 3.63) is 35.4 Å². The summed E-state index contributed by atoms with van der Waals surface area (Å²) in [5.74, 6) is -0.386. The first-order valence-electron chi connectivity index (χ1n) is 6.81. The molecule has 126 valence electrons. The zero-order valence-corrected chi connectivity index (χ0v) is 14.6. The molecule has 0 aliphatic carbocycles. The summed E-state index contributed by atoms with van der Waals surface area (Å²) >= 11 is 0. The first-order valence-corrected chi connectivity index (χ1v) is 8.46. The van der Waals surface area contributed by atoms with E-state index in [1.165, 1.54) is 0 Å². The number of amides is 1. The van der Waals surface area contributed by atoms with Crippen LogP contribution in [0.1, 0.15) is 31.9 Å². The van der Waals surface area contributed by atoms with Gasteiger partial charge in [0.15, 0.2) is 0 Å². The van der Waals surface area contributed by atoms with Crippen LogP contribution < -0.4 is 15.8 Å². The fourth-order valence-corrected chi connectivity index (χ4v) is 3.31. The maximum atomic E-state index is 12.0. The topological polar surface area (TPSA) is 101 Å². The summed E-state index contributed by atoms with van der Waals surface area (Å²) in [5.41, 5.74) is 6.90. The maximum absolute atomic E-state index is 12.0. The van der Waals surface area contributed by atoms with Crippen LogP contribution in [-0.2, 0) is 27.1 Å². The minimum absolute atomic E-state index is 0. The summed E-state index contributed by atoms with van der Waals surface area (Å²) in [6, 6.07) is 6.37. The molecule has 0 heterocycles. The highest BCUT2D eigenvalue weighted by atomic mass is 35.5. The molecule has 8 heteroatoms. The average molecular weight is 350 g/mol. The first kappa shape index (κ1) is 20.9. The summed E-state index contributed by atoms with van der Waals surface area (Å²) in [7, 11) is -3.40. The standard InChI is InChI=1S/C14H23N3O3S.ClH/c1-10(2)17-21(19,20)9-13-7-5-4-6-12(13)8-16-14(18)11(3)15;/h4-7,10-11,17H,8-9,15H2,1-3H3,(H,16,18);1H/t11-;/m0./s1. The molecule has 1 atom stereocenters. The molecule has 0 saturated heterocycles. The molecule has 22 heavy (non-hydrogen) atoms. The fraction of sp³-hybridized carbons (Fsp3) is 0.500. The molecule has 1 rings (SSSR count). The van der Waals surface area contributed by atoms with E-state index in [9.17, 15) is 13.2 Å². The summed E-state index contributed by atoms with van der Waals surface area (Å²) < 4.78 is 26.5. The zero-order valence-electron chi connectivity index (χ0n) is 13.0. The minimum atomic E-state index is -3.40. The summed E-state index contributed by atoms with van der Waals surface area (Å²) in [6.45, 7) is 5.39. The van der Waals surface area contributed by atoms with Gasteiger partial charge in [0.25, 0.3) is 0 Å². The van der Waals surface area contributed by atoms with E-state index in [0.29, 0.717) is 5.56 Å². The van der Waals surface area contributed by atoms with E-state index in [1.54, 1.807) is 45.0 Å². The summed E-state index contributed by atoms with van der Waals surface area (Å²) in [5, 5.41) is 2.69. The number of nitrogens with two attached hydrogens (primary N) is 1. The molecule has 1 amide bonds. The number of carbonyl (C=O) groups excluding carboxylic acids is 1. The van der Waals surface area contributed by atoms with E-state index < -0.39 is 16.1 Å². The van der Waals surface area contributed by atoms with Gasteiger partial charge in [-0.15, -0.1) is 12.4 Å². The largest absolute Gasteiger partial charge is 0.351 e. The van der Waals surface area contributed by atoms with E-state index in [2.05, 4.69) is 10.0 Å². The third-order valence-electron chi connectivity index (χ3n) is 2.75. The third kappa shape index (κ3) is 7.22. The molecular formula is C14H24ClN3O3S. The van der Waals surface area contributed by atoms with Crippen molar-refractivity contribution < 1.29 is 13.2 Å². The van der Waals surface area contributed by atoms with Gasteiger partial charge >= 0.3 is 0 Å². The normalized spacial score (nSPS) is 12.6. The van der Waals surface area contributed by atoms with Crippen LogP contribution in [-0.4, -0.2) is 26.4 Å². The zero-order chi connectivity index (χ0) is 16.0. The lowest BCUT2D eigenvalue weighted by Gasteiger charge is -2.14. The minimum Gasteiger partial charge on any atom is -0.351 e. The van der Waals surface area contributed by atoms with Gasteiger partial charge in [0.05, 0.1) is 11.8 Å². The van der Waals surface area contributed by atoms with Gasteiger partial charge in [-0.3, -0.25) is 4.79 Å². The van der Waals surface area contributed by atoms with Crippen LogP contribution in [0.15, 0.2) is 24.3 Å². The Bertz CT molecular complexity index is 589. The highest BCUT2D eigenvalue weighted by Crippen LogP contribution is 2.12. The van der Waals surface area contributed by atoms with Gasteiger partial charge in [-0.25, -0.2) is 13.1 Å². The number of nitrogens with one attached hydrogen (secondary N) is 2. The van der Waals surface area contributed by atoms with E-state index >= 15 is 0 Å². The van der Waals surface area contributed by atoms with Crippen molar-refractivity contribution in [2.75, 3.05) is 0 Å². The van der Waals surface area contributed by atoms with Crippen LogP contribution in [0, 0.1) is 0 Å². The molecule has 0 saturated carbocycles. The second-order valence-corrected chi connectivity index (χ2v) is 7.06. The Morgan fingerprint density at radius 1 is 1.18 bits per heavy atom. The van der Waals surface area contributed by atoms with Gasteiger partial charge in [-0.1, -0.05) is 24.3 Å². The van der Waals surface area contributed by atoms with Gasteiger partial charge in [0.1, 0.15) is 0 Å². The lowest BCUT2D eigenvalue weighted by molar-refractivity contribution is -0.122. The number of rotatable bonds is 7. The van der Waals surface area contributed by atoms with Crippen LogP contribution in [0.2, 0.25) is 0 Å². The van der Waals surface area contributed by atoms with Crippen LogP contribution in [0.4, 0.5) is 0 Å². The Kier molecular flexibility index (Phi) is 8.62. The van der Waals surface area contributed by atoms with Crippen LogP contribution in [0.5, 0.6) is 0 Å². The third-order valence-corrected chi connectivity index (χ3v) is 4.27. The summed E-state index contributed by atoms with van der Waals surface area (Å²) in [4.78, 5) is 11.5. The summed E-state index contributed by atoms with van der Waals surface area (Å²) in [6.07, 6.45) is 0. The smallest absolute Gasteiger partial charge is 0.236 e. The molecule has 0 radical (unpaired) electrons. The molecule has 0 aliphatic heterocycles. The average Bonchev–Trinajstić information content (AvgIpc) is 2.35. The van der Waals surface area contributed by atoms with Crippen LogP contribution in [0.3, 0.4) is 0 Å². The first-order chi connectivity index (χ1) is 9.71. The highest BCUT2D eigenvalue weighted by Gasteiger charge is 2.15. The van der Waals surface area contributed by atoms with Gasteiger partial charge in [-0.2, -0.15) is 0 Å². The predicted molar refractivity (Wildman–Crippen MR) is 90.1 cm³/mol. The SMILES string of the molecule is CC(C)NS(=O)(=O)Cc1ccccc1CNC(=O)[C@H](C)N.Cl. The molecule has 0 bridgehead atoms.